The normalized spacial score (nSPS) is 52.2. The van der Waals surface area contributed by atoms with Crippen molar-refractivity contribution in [1.29, 1.82) is 0 Å². The summed E-state index contributed by atoms with van der Waals surface area (Å²) < 4.78 is 0. The van der Waals surface area contributed by atoms with Gasteiger partial charge in [0.2, 0.25) is 0 Å². The minimum atomic E-state index is 0. The summed E-state index contributed by atoms with van der Waals surface area (Å²) in [5, 5.41) is 0. The van der Waals surface area contributed by atoms with E-state index in [9.17, 15) is 0 Å². The SMILES string of the molecule is C=CC1CC(C=C)C2C3C[CH-]C(C3)C12.CC1C(C)C2CC1C1C3[CH-]CC(C3)C21.CCC1CC(CC)C2C3C[CH-]C(C3)C12.[Hf].[Hf].[Hf].[W].[W].[W]. The van der Waals surface area contributed by atoms with Crippen LogP contribution in [0.4, 0.5) is 0 Å². The molecule has 0 aromatic heterocycles. The maximum atomic E-state index is 4.01. The van der Waals surface area contributed by atoms with E-state index in [-0.39, 0.29) is 141 Å². The van der Waals surface area contributed by atoms with E-state index >= 15 is 0 Å². The smallest absolute Gasteiger partial charge is 0 e. The Morgan fingerprint density at radius 2 is 0.917 bits per heavy atom. The molecule has 20 unspecified atom stereocenters. The molecule has 48 heavy (non-hydrogen) atoms. The fourth-order valence-electron chi connectivity index (χ4n) is 15.5. The van der Waals surface area contributed by atoms with Gasteiger partial charge in [-0.1, -0.05) is 107 Å². The van der Waals surface area contributed by atoms with Crippen molar-refractivity contribution in [2.75, 3.05) is 0 Å². The molecule has 0 radical (unpaired) electrons. The van der Waals surface area contributed by atoms with Crippen LogP contribution in [0.1, 0.15) is 98.3 Å². The van der Waals surface area contributed by atoms with Gasteiger partial charge in [0.05, 0.1) is 0 Å². The van der Waals surface area contributed by atoms with Crippen molar-refractivity contribution in [3.8, 4) is 0 Å². The maximum absolute atomic E-state index is 4.01. The van der Waals surface area contributed by atoms with E-state index in [2.05, 4.69) is 72.3 Å². The molecule has 0 saturated heterocycles. The Labute approximate surface area is 396 Å². The van der Waals surface area contributed by atoms with Gasteiger partial charge in [-0.3, -0.25) is 0 Å². The van der Waals surface area contributed by atoms with Gasteiger partial charge >= 0.3 is 0 Å². The van der Waals surface area contributed by atoms with Crippen LogP contribution in [0.2, 0.25) is 0 Å². The molecule has 10 aliphatic rings. The van der Waals surface area contributed by atoms with E-state index in [1.807, 2.05) is 0 Å². The van der Waals surface area contributed by atoms with Gasteiger partial charge < -0.3 is 19.3 Å². The van der Waals surface area contributed by atoms with Crippen molar-refractivity contribution in [2.24, 2.45) is 118 Å². The van der Waals surface area contributed by atoms with Crippen LogP contribution >= 0.6 is 0 Å². The van der Waals surface area contributed by atoms with Crippen molar-refractivity contribution in [3.05, 3.63) is 44.6 Å². The Balaban J connectivity index is 0.000000235. The standard InChI is InChI=1S/C14H21.C14H23.C14H19.3Hf.3W/c1-7-8(2)12-6-11(7)13-9-3-4-10(5-9)14(12)13;2*1-3-9-7-10(4-2)14-12-6-5-11(8-12)13(9)14;;;;;;/h3,7-14H,4-6H2,1-2H3;5,9-14H,3-4,6-8H2,1-2H3;3-5,9-14H,1-2,6-8H2;;;;;;/q3*-1;;;;;;. The summed E-state index contributed by atoms with van der Waals surface area (Å²) in [6.45, 7) is 17.9. The predicted molar refractivity (Wildman–Crippen MR) is 177 cm³/mol. The largest absolute Gasteiger partial charge is 0.325 e. The topological polar surface area (TPSA) is 0 Å². The molecule has 0 nitrogen and oxygen atoms in total. The van der Waals surface area contributed by atoms with Crippen molar-refractivity contribution >= 4 is 0 Å². The van der Waals surface area contributed by atoms with Crippen LogP contribution in [-0.4, -0.2) is 0 Å². The Hall–Kier alpha value is 4.16. The van der Waals surface area contributed by atoms with Crippen LogP contribution in [0.15, 0.2) is 25.3 Å². The van der Waals surface area contributed by atoms with Crippen LogP contribution in [0.3, 0.4) is 0 Å². The first-order chi connectivity index (χ1) is 20.5. The zero-order chi connectivity index (χ0) is 28.9. The molecule has 10 saturated carbocycles. The minimum Gasteiger partial charge on any atom is -0.325 e. The Morgan fingerprint density at radius 3 is 1.44 bits per heavy atom. The van der Waals surface area contributed by atoms with Crippen LogP contribution in [0, 0.1) is 138 Å². The third-order valence-electron chi connectivity index (χ3n) is 17.0. The number of rotatable bonds is 4. The second-order valence-corrected chi connectivity index (χ2v) is 17.7. The second-order valence-electron chi connectivity index (χ2n) is 17.7. The van der Waals surface area contributed by atoms with Gasteiger partial charge in [-0.25, -0.2) is 0 Å². The van der Waals surface area contributed by atoms with Gasteiger partial charge in [0.15, 0.2) is 0 Å². The van der Waals surface area contributed by atoms with Crippen molar-refractivity contribution < 1.29 is 141 Å². The molecule has 10 rings (SSSR count). The zero-order valence-electron chi connectivity index (χ0n) is 30.4. The number of fused-ring (bicyclic) bond motifs is 19. The molecule has 10 aliphatic carbocycles. The Morgan fingerprint density at radius 1 is 0.500 bits per heavy atom. The second kappa shape index (κ2) is 20.0. The first-order valence-corrected chi connectivity index (χ1v) is 19.2. The average Bonchev–Trinajstić information content (AvgIpc) is 3.87. The fraction of sp³-hybridized carbons (Fsp3) is 0.833. The van der Waals surface area contributed by atoms with E-state index < -0.39 is 0 Å². The van der Waals surface area contributed by atoms with Crippen LogP contribution in [0.5, 0.6) is 0 Å². The molecule has 8 bridgehead atoms. The molecule has 0 heterocycles. The van der Waals surface area contributed by atoms with E-state index in [1.165, 1.54) is 50.9 Å². The molecule has 6 heteroatoms. The fourth-order valence-corrected chi connectivity index (χ4v) is 15.5. The minimum absolute atomic E-state index is 0. The third-order valence-corrected chi connectivity index (χ3v) is 17.0. The van der Waals surface area contributed by atoms with Crippen LogP contribution in [0.25, 0.3) is 0 Å². The van der Waals surface area contributed by atoms with E-state index in [4.69, 9.17) is 0 Å². The molecule has 0 aromatic carbocycles. The first-order valence-electron chi connectivity index (χ1n) is 19.2. The Kier molecular flexibility index (Phi) is 20.2. The van der Waals surface area contributed by atoms with Gasteiger partial charge in [-0.15, -0.1) is 13.2 Å². The van der Waals surface area contributed by atoms with Crippen molar-refractivity contribution in [2.45, 2.75) is 98.3 Å². The first kappa shape index (κ1) is 48.3. The summed E-state index contributed by atoms with van der Waals surface area (Å²) in [5.74, 6) is 20.7. The van der Waals surface area contributed by atoms with Gasteiger partial charge in [0, 0.05) is 141 Å². The number of allylic oxidation sites excluding steroid dienone is 2. The number of hydrogen-bond acceptors (Lipinski definition) is 0. The summed E-state index contributed by atoms with van der Waals surface area (Å²) in [4.78, 5) is 0. The summed E-state index contributed by atoms with van der Waals surface area (Å²) in [6.07, 6.45) is 28.6. The average molecular weight is 1650 g/mol. The van der Waals surface area contributed by atoms with Gasteiger partial charge in [-0.05, 0) is 84.4 Å². The van der Waals surface area contributed by atoms with Gasteiger partial charge in [0.1, 0.15) is 0 Å². The molecular weight excluding hydrogens is 1590 g/mol. The van der Waals surface area contributed by atoms with E-state index in [0.29, 0.717) is 0 Å². The van der Waals surface area contributed by atoms with Gasteiger partial charge in [0.25, 0.3) is 0 Å². The molecule has 0 aliphatic heterocycles. The molecule has 0 aromatic rings. The summed E-state index contributed by atoms with van der Waals surface area (Å²) in [7, 11) is 0. The van der Waals surface area contributed by atoms with Gasteiger partial charge in [-0.2, -0.15) is 37.0 Å². The monoisotopic (exact) mass is 1660 g/mol. The Bertz CT molecular complexity index is 944. The van der Waals surface area contributed by atoms with E-state index in [0.717, 1.165) is 112 Å². The molecule has 10 fully saturated rings. The molecule has 20 atom stereocenters. The summed E-state index contributed by atoms with van der Waals surface area (Å²) in [5.41, 5.74) is 0. The van der Waals surface area contributed by atoms with Crippen molar-refractivity contribution in [1.82, 2.24) is 0 Å². The third kappa shape index (κ3) is 7.99. The molecule has 0 N–H and O–H groups in total. The van der Waals surface area contributed by atoms with Crippen LogP contribution in [-0.2, 0) is 141 Å². The molecule has 264 valence electrons. The summed E-state index contributed by atoms with van der Waals surface area (Å²) >= 11 is 0. The molecular formula is C42H63Hf3W3-3. The summed E-state index contributed by atoms with van der Waals surface area (Å²) in [6, 6.07) is 0. The van der Waals surface area contributed by atoms with Crippen molar-refractivity contribution in [3.63, 3.8) is 0 Å². The zero-order valence-corrected chi connectivity index (χ0v) is 49.9. The predicted octanol–water partition coefficient (Wildman–Crippen LogP) is 10.8. The maximum Gasteiger partial charge on any atom is 0 e. The van der Waals surface area contributed by atoms with Crippen LogP contribution < -0.4 is 0 Å². The number of hydrogen-bond donors (Lipinski definition) is 0. The molecule has 0 amide bonds. The quantitative estimate of drug-likeness (QED) is 0.114. The van der Waals surface area contributed by atoms with E-state index in [1.54, 1.807) is 25.7 Å². The molecule has 0 spiro atoms.